The third-order valence-electron chi connectivity index (χ3n) is 13.3. The topological polar surface area (TPSA) is 348 Å². The molecule has 6 amide bonds. The average Bonchev–Trinajstić information content (AvgIpc) is 3.38. The summed E-state index contributed by atoms with van der Waals surface area (Å²) in [5.74, 6) is -3.36. The van der Waals surface area contributed by atoms with Crippen molar-refractivity contribution >= 4 is 74.0 Å². The molecule has 0 bridgehead atoms. The van der Waals surface area contributed by atoms with Crippen molar-refractivity contribution in [1.29, 1.82) is 0 Å². The van der Waals surface area contributed by atoms with Gasteiger partial charge in [0.05, 0.1) is 12.5 Å². The second-order valence-corrected chi connectivity index (χ2v) is 19.1. The minimum Gasteiger partial charge on any atom is -0.345 e. The lowest BCUT2D eigenvalue weighted by molar-refractivity contribution is -0.135. The summed E-state index contributed by atoms with van der Waals surface area (Å²) in [4.78, 5) is 96.4. The van der Waals surface area contributed by atoms with Crippen LogP contribution >= 0.6 is 0 Å². The Balaban J connectivity index is 1.53. The average molecular weight is 1010 g/mol. The van der Waals surface area contributed by atoms with Gasteiger partial charge >= 0.3 is 0 Å². The van der Waals surface area contributed by atoms with Gasteiger partial charge in [-0.25, -0.2) is 0 Å². The molecule has 0 aliphatic carbocycles. The van der Waals surface area contributed by atoms with Crippen LogP contribution in [0, 0.1) is 0 Å². The van der Waals surface area contributed by atoms with Crippen LogP contribution in [-0.4, -0.2) is 117 Å². The zero-order chi connectivity index (χ0) is 53.0. The summed E-state index contributed by atoms with van der Waals surface area (Å²) < 4.78 is 0. The molecule has 0 aliphatic heterocycles. The summed E-state index contributed by atoms with van der Waals surface area (Å²) in [7, 11) is 0. The third kappa shape index (κ3) is 19.2. The summed E-state index contributed by atoms with van der Waals surface area (Å²) in [6, 6.07) is 12.2. The minimum atomic E-state index is -1.14. The van der Waals surface area contributed by atoms with E-state index in [-0.39, 0.29) is 44.4 Å². The molecule has 19 heteroatoms. The smallest absolute Gasteiger partial charge is 0.243 e. The monoisotopic (exact) mass is 1010 g/mol. The van der Waals surface area contributed by atoms with Gasteiger partial charge in [-0.2, -0.15) is 0 Å². The first-order valence-electron chi connectivity index (χ1n) is 26.6. The molecule has 0 aliphatic rings. The quantitative estimate of drug-likeness (QED) is 0.0174. The number of carbonyl (C=O) groups is 7. The number of carbonyl (C=O) groups excluding carboxylic acids is 7. The molecule has 19 nitrogen and oxygen atoms in total. The van der Waals surface area contributed by atoms with Gasteiger partial charge in [0.1, 0.15) is 36.5 Å². The third-order valence-corrected chi connectivity index (χ3v) is 13.3. The Morgan fingerprint density at radius 3 is 1.10 bits per heavy atom. The fraction of sp³-hybridized carbons (Fsp3) is 0.574. The van der Waals surface area contributed by atoms with E-state index in [1.807, 2.05) is 24.3 Å². The Hall–Kier alpha value is -5.83. The van der Waals surface area contributed by atoms with Crippen LogP contribution < -0.4 is 66.3 Å². The van der Waals surface area contributed by atoms with Crippen molar-refractivity contribution in [2.45, 2.75) is 158 Å². The number of amides is 6. The summed E-state index contributed by atoms with van der Waals surface area (Å²) in [5, 5.41) is 23.5. The van der Waals surface area contributed by atoms with Crippen LogP contribution in [0.3, 0.4) is 0 Å². The molecule has 0 radical (unpaired) electrons. The molecular weight excluding hydrogens is 929 g/mol. The van der Waals surface area contributed by atoms with Crippen molar-refractivity contribution in [1.82, 2.24) is 31.9 Å². The molecule has 402 valence electrons. The first-order valence-corrected chi connectivity index (χ1v) is 26.6. The fourth-order valence-corrected chi connectivity index (χ4v) is 9.23. The van der Waals surface area contributed by atoms with Crippen LogP contribution in [0.15, 0.2) is 54.6 Å². The van der Waals surface area contributed by atoms with Crippen LogP contribution in [0.5, 0.6) is 0 Å². The number of unbranched alkanes of at least 4 members (excludes halogenated alkanes) is 6. The number of hydrogen-bond donors (Lipinski definition) is 12. The zero-order valence-corrected chi connectivity index (χ0v) is 42.7. The lowest BCUT2D eigenvalue weighted by atomic mass is 9.91. The van der Waals surface area contributed by atoms with Crippen LogP contribution in [0.2, 0.25) is 0 Å². The SMILES string of the molecule is NCCCC[C@@H](C=O)NC(=O)[C@H](CCCCN)NC(=O)[C@H](CCCCN)NC(=O)[C@H](CCCCN)NC(=O)[C@H](CCCCN)NC(=O)[C@H](CCCCN)NC(=O)Cc1ccc2ccc3cccc4ccc1c2c34. The Bertz CT molecular complexity index is 2330. The lowest BCUT2D eigenvalue weighted by Gasteiger charge is -2.28. The molecule has 73 heavy (non-hydrogen) atoms. The minimum absolute atomic E-state index is 0.0124. The number of aldehydes is 1. The summed E-state index contributed by atoms with van der Waals surface area (Å²) in [6.45, 7) is 2.24. The molecule has 0 saturated carbocycles. The van der Waals surface area contributed by atoms with Crippen molar-refractivity contribution in [3.63, 3.8) is 0 Å². The maximum Gasteiger partial charge on any atom is 0.243 e. The maximum absolute atomic E-state index is 14.4. The standard InChI is InChI=1S/C54H84N12O7/c55-28-7-1-16-40(35-67)61-50(69)43(18-3-9-30-57)63-52(71)45(20-5-11-32-59)65-54(73)46(21-6-12-33-60)66-53(72)44(19-4-10-31-58)64-51(70)42(17-2-8-29-56)62-47(68)34-39-25-24-38-23-22-36-14-13-15-37-26-27-41(39)49(38)48(36)37/h13-15,22-27,35,40,42-46H,1-12,16-21,28-34,55-60H2,(H,61,69)(H,62,68)(H,63,71)(H,64,70)(H,65,73)(H,66,72)/t40-,42-,43-,44-,45-,46-/m0/s1. The Kier molecular flexibility index (Phi) is 27.1. The number of hydrogen-bond acceptors (Lipinski definition) is 13. The first-order chi connectivity index (χ1) is 35.4. The molecular formula is C54H84N12O7. The van der Waals surface area contributed by atoms with E-state index in [2.05, 4.69) is 62.2 Å². The van der Waals surface area contributed by atoms with E-state index in [9.17, 15) is 33.6 Å². The van der Waals surface area contributed by atoms with Gasteiger partial charge in [-0.1, -0.05) is 54.6 Å². The van der Waals surface area contributed by atoms with Crippen molar-refractivity contribution < 1.29 is 33.6 Å². The van der Waals surface area contributed by atoms with E-state index in [4.69, 9.17) is 34.4 Å². The van der Waals surface area contributed by atoms with Crippen molar-refractivity contribution in [2.24, 2.45) is 34.4 Å². The number of benzene rings is 4. The Labute approximate surface area is 430 Å². The lowest BCUT2D eigenvalue weighted by Crippen LogP contribution is -2.59. The summed E-state index contributed by atoms with van der Waals surface area (Å²) in [6.07, 6.45) is 8.71. The predicted octanol–water partition coefficient (Wildman–Crippen LogP) is 2.01. The second-order valence-electron chi connectivity index (χ2n) is 19.1. The van der Waals surface area contributed by atoms with Gasteiger partial charge in [0.2, 0.25) is 35.4 Å². The Morgan fingerprint density at radius 2 is 0.712 bits per heavy atom. The molecule has 0 spiro atoms. The highest BCUT2D eigenvalue weighted by Gasteiger charge is 2.33. The second kappa shape index (κ2) is 33.1. The van der Waals surface area contributed by atoms with Gasteiger partial charge in [-0.05, 0) is 193 Å². The largest absolute Gasteiger partial charge is 0.345 e. The van der Waals surface area contributed by atoms with Crippen LogP contribution in [-0.2, 0) is 40.0 Å². The highest BCUT2D eigenvalue weighted by Crippen LogP contribution is 2.36. The van der Waals surface area contributed by atoms with Gasteiger partial charge in [0.25, 0.3) is 0 Å². The van der Waals surface area contributed by atoms with Crippen LogP contribution in [0.25, 0.3) is 32.3 Å². The molecule has 0 saturated heterocycles. The van der Waals surface area contributed by atoms with Gasteiger partial charge in [0, 0.05) is 0 Å². The molecule has 4 aromatic rings. The van der Waals surface area contributed by atoms with E-state index < -0.39 is 65.8 Å². The normalized spacial score (nSPS) is 13.9. The highest BCUT2D eigenvalue weighted by molar-refractivity contribution is 6.23. The van der Waals surface area contributed by atoms with Crippen LogP contribution in [0.1, 0.15) is 121 Å². The van der Waals surface area contributed by atoms with Crippen LogP contribution in [0.4, 0.5) is 0 Å². The van der Waals surface area contributed by atoms with E-state index in [0.717, 1.165) is 37.9 Å². The van der Waals surface area contributed by atoms with E-state index >= 15 is 0 Å². The molecule has 4 aromatic carbocycles. The van der Waals surface area contributed by atoms with Gasteiger partial charge in [0.15, 0.2) is 0 Å². The molecule has 6 atom stereocenters. The number of rotatable bonds is 38. The molecule has 18 N–H and O–H groups in total. The van der Waals surface area contributed by atoms with E-state index in [0.29, 0.717) is 129 Å². The van der Waals surface area contributed by atoms with Crippen molar-refractivity contribution in [3.05, 3.63) is 60.2 Å². The van der Waals surface area contributed by atoms with E-state index in [1.54, 1.807) is 0 Å². The zero-order valence-electron chi connectivity index (χ0n) is 42.7. The summed E-state index contributed by atoms with van der Waals surface area (Å²) in [5.41, 5.74) is 35.5. The first kappa shape index (κ1) is 59.7. The molecule has 0 aromatic heterocycles. The highest BCUT2D eigenvalue weighted by atomic mass is 16.2. The van der Waals surface area contributed by atoms with Crippen molar-refractivity contribution in [3.8, 4) is 0 Å². The number of nitrogens with one attached hydrogen (secondary N) is 6. The summed E-state index contributed by atoms with van der Waals surface area (Å²) >= 11 is 0. The fourth-order valence-electron chi connectivity index (χ4n) is 9.23. The van der Waals surface area contributed by atoms with Crippen molar-refractivity contribution in [2.75, 3.05) is 39.3 Å². The maximum atomic E-state index is 14.4. The van der Waals surface area contributed by atoms with Gasteiger partial charge in [-0.3, -0.25) is 28.8 Å². The Morgan fingerprint density at radius 1 is 0.384 bits per heavy atom. The molecule has 0 unspecified atom stereocenters. The number of nitrogens with two attached hydrogens (primary N) is 6. The molecule has 0 heterocycles. The van der Waals surface area contributed by atoms with Gasteiger partial charge < -0.3 is 71.1 Å². The molecule has 0 fully saturated rings. The predicted molar refractivity (Wildman–Crippen MR) is 289 cm³/mol. The van der Waals surface area contributed by atoms with Gasteiger partial charge in [-0.15, -0.1) is 0 Å². The van der Waals surface area contributed by atoms with E-state index in [1.165, 1.54) is 0 Å². The molecule has 4 rings (SSSR count).